The molecule has 0 saturated carbocycles. The molecule has 4 rings (SSSR count). The van der Waals surface area contributed by atoms with Crippen LogP contribution in [0.25, 0.3) is 11.3 Å². The SMILES string of the molecule is Clc1cccc(Nc2nc3c(s2)CCc2ccccc2-3)c1Cl. The van der Waals surface area contributed by atoms with Gasteiger partial charge in [-0.25, -0.2) is 4.98 Å². The van der Waals surface area contributed by atoms with Crippen molar-refractivity contribution in [2.45, 2.75) is 12.8 Å². The maximum absolute atomic E-state index is 6.23. The van der Waals surface area contributed by atoms with Gasteiger partial charge in [-0.2, -0.15) is 0 Å². The van der Waals surface area contributed by atoms with Crippen LogP contribution in [0.15, 0.2) is 42.5 Å². The standard InChI is InChI=1S/C17H12Cl2N2S/c18-12-6-3-7-13(15(12)19)20-17-21-16-11-5-2-1-4-10(11)8-9-14(16)22-17/h1-7H,8-9H2,(H,20,21). The van der Waals surface area contributed by atoms with Crippen molar-refractivity contribution in [3.8, 4) is 11.3 Å². The van der Waals surface area contributed by atoms with Gasteiger partial charge in [-0.1, -0.05) is 53.5 Å². The van der Waals surface area contributed by atoms with Crippen LogP contribution in [0.2, 0.25) is 10.0 Å². The van der Waals surface area contributed by atoms with Gasteiger partial charge in [0.2, 0.25) is 0 Å². The number of nitrogens with one attached hydrogen (secondary N) is 1. The monoisotopic (exact) mass is 346 g/mol. The highest BCUT2D eigenvalue weighted by Crippen LogP contribution is 2.40. The molecule has 0 atom stereocenters. The maximum atomic E-state index is 6.23. The molecule has 1 N–H and O–H groups in total. The van der Waals surface area contributed by atoms with E-state index in [1.807, 2.05) is 12.1 Å². The van der Waals surface area contributed by atoms with E-state index in [1.54, 1.807) is 17.4 Å². The number of hydrogen-bond donors (Lipinski definition) is 1. The smallest absolute Gasteiger partial charge is 0.188 e. The Morgan fingerprint density at radius 1 is 1.00 bits per heavy atom. The molecule has 0 aliphatic heterocycles. The van der Waals surface area contributed by atoms with Crippen LogP contribution in [0.3, 0.4) is 0 Å². The third kappa shape index (κ3) is 2.39. The van der Waals surface area contributed by atoms with Gasteiger partial charge in [-0.15, -0.1) is 11.3 Å². The number of aryl methyl sites for hydroxylation is 2. The van der Waals surface area contributed by atoms with Gasteiger partial charge in [0.15, 0.2) is 5.13 Å². The van der Waals surface area contributed by atoms with Crippen LogP contribution < -0.4 is 5.32 Å². The van der Waals surface area contributed by atoms with Gasteiger partial charge in [-0.05, 0) is 30.5 Å². The van der Waals surface area contributed by atoms with Gasteiger partial charge in [-0.3, -0.25) is 0 Å². The predicted octanol–water partition coefficient (Wildman–Crippen LogP) is 5.96. The number of fused-ring (bicyclic) bond motifs is 3. The summed E-state index contributed by atoms with van der Waals surface area (Å²) in [5.74, 6) is 0. The van der Waals surface area contributed by atoms with Crippen molar-refractivity contribution >= 4 is 45.4 Å². The first kappa shape index (κ1) is 14.1. The van der Waals surface area contributed by atoms with E-state index in [4.69, 9.17) is 28.2 Å². The van der Waals surface area contributed by atoms with Crippen molar-refractivity contribution < 1.29 is 0 Å². The fraction of sp³-hybridized carbons (Fsp3) is 0.118. The zero-order chi connectivity index (χ0) is 15.1. The Balaban J connectivity index is 1.72. The Bertz CT molecular complexity index is 858. The molecule has 1 aliphatic rings. The second kappa shape index (κ2) is 5.58. The quantitative estimate of drug-likeness (QED) is 0.619. The van der Waals surface area contributed by atoms with Crippen LogP contribution in [-0.2, 0) is 12.8 Å². The van der Waals surface area contributed by atoms with E-state index in [0.717, 1.165) is 29.4 Å². The molecule has 0 bridgehead atoms. The van der Waals surface area contributed by atoms with E-state index < -0.39 is 0 Å². The van der Waals surface area contributed by atoms with E-state index in [-0.39, 0.29) is 0 Å². The first-order chi connectivity index (χ1) is 10.7. The van der Waals surface area contributed by atoms with Crippen LogP contribution in [0.1, 0.15) is 10.4 Å². The van der Waals surface area contributed by atoms with Crippen LogP contribution in [-0.4, -0.2) is 4.98 Å². The molecule has 0 unspecified atom stereocenters. The molecular weight excluding hydrogens is 335 g/mol. The molecule has 22 heavy (non-hydrogen) atoms. The molecule has 0 saturated heterocycles. The van der Waals surface area contributed by atoms with E-state index in [9.17, 15) is 0 Å². The summed E-state index contributed by atoms with van der Waals surface area (Å²) in [5, 5.41) is 5.21. The summed E-state index contributed by atoms with van der Waals surface area (Å²) in [6.45, 7) is 0. The van der Waals surface area contributed by atoms with Crippen molar-refractivity contribution in [3.63, 3.8) is 0 Å². The lowest BCUT2D eigenvalue weighted by molar-refractivity contribution is 0.955. The number of aromatic nitrogens is 1. The van der Waals surface area contributed by atoms with Gasteiger partial charge in [0, 0.05) is 10.4 Å². The Hall–Kier alpha value is -1.55. The summed E-state index contributed by atoms with van der Waals surface area (Å²) in [7, 11) is 0. The predicted molar refractivity (Wildman–Crippen MR) is 94.7 cm³/mol. The van der Waals surface area contributed by atoms with Crippen molar-refractivity contribution in [3.05, 3.63) is 63.0 Å². The van der Waals surface area contributed by atoms with Crippen molar-refractivity contribution in [2.24, 2.45) is 0 Å². The number of rotatable bonds is 2. The molecule has 0 amide bonds. The minimum absolute atomic E-state index is 0.526. The third-order valence-corrected chi connectivity index (χ3v) is 5.63. The molecule has 1 aromatic heterocycles. The van der Waals surface area contributed by atoms with E-state index in [0.29, 0.717) is 10.0 Å². The molecule has 5 heteroatoms. The summed E-state index contributed by atoms with van der Waals surface area (Å²) in [4.78, 5) is 6.08. The molecule has 110 valence electrons. The highest BCUT2D eigenvalue weighted by molar-refractivity contribution is 7.16. The van der Waals surface area contributed by atoms with E-state index >= 15 is 0 Å². The fourth-order valence-electron chi connectivity index (χ4n) is 2.72. The molecule has 0 radical (unpaired) electrons. The Morgan fingerprint density at radius 3 is 2.77 bits per heavy atom. The Labute approximate surface area is 142 Å². The van der Waals surface area contributed by atoms with Gasteiger partial charge in [0.1, 0.15) is 0 Å². The molecule has 1 heterocycles. The fourth-order valence-corrected chi connectivity index (χ4v) is 4.05. The lowest BCUT2D eigenvalue weighted by Crippen LogP contribution is -2.01. The zero-order valence-corrected chi connectivity index (χ0v) is 13.9. The minimum atomic E-state index is 0.526. The average Bonchev–Trinajstić information content (AvgIpc) is 2.95. The summed E-state index contributed by atoms with van der Waals surface area (Å²) < 4.78 is 0. The molecule has 2 aromatic carbocycles. The number of thiazole rings is 1. The topological polar surface area (TPSA) is 24.9 Å². The maximum Gasteiger partial charge on any atom is 0.188 e. The number of hydrogen-bond acceptors (Lipinski definition) is 3. The number of halogens is 2. The van der Waals surface area contributed by atoms with Gasteiger partial charge >= 0.3 is 0 Å². The lowest BCUT2D eigenvalue weighted by Gasteiger charge is -2.13. The van der Waals surface area contributed by atoms with Crippen molar-refractivity contribution in [1.29, 1.82) is 0 Å². The first-order valence-electron chi connectivity index (χ1n) is 7.01. The molecule has 0 spiro atoms. The van der Waals surface area contributed by atoms with Gasteiger partial charge in [0.05, 0.1) is 21.4 Å². The summed E-state index contributed by atoms with van der Waals surface area (Å²) in [6.07, 6.45) is 2.11. The molecule has 2 nitrogen and oxygen atoms in total. The average molecular weight is 347 g/mol. The number of nitrogens with zero attached hydrogens (tertiary/aromatic N) is 1. The van der Waals surface area contributed by atoms with Crippen LogP contribution in [0, 0.1) is 0 Å². The third-order valence-electron chi connectivity index (χ3n) is 3.78. The molecule has 0 fully saturated rings. The van der Waals surface area contributed by atoms with E-state index in [2.05, 4.69) is 29.6 Å². The number of anilines is 2. The molecule has 1 aliphatic carbocycles. The lowest BCUT2D eigenvalue weighted by atomic mass is 9.94. The summed E-state index contributed by atoms with van der Waals surface area (Å²) in [5.41, 5.74) is 4.49. The minimum Gasteiger partial charge on any atom is -0.330 e. The Kier molecular flexibility index (Phi) is 3.57. The van der Waals surface area contributed by atoms with Crippen molar-refractivity contribution in [2.75, 3.05) is 5.32 Å². The van der Waals surface area contributed by atoms with Crippen molar-refractivity contribution in [1.82, 2.24) is 4.98 Å². The highest BCUT2D eigenvalue weighted by atomic mass is 35.5. The van der Waals surface area contributed by atoms with E-state index in [1.165, 1.54) is 16.0 Å². The second-order valence-electron chi connectivity index (χ2n) is 5.17. The number of benzene rings is 2. The Morgan fingerprint density at radius 2 is 1.86 bits per heavy atom. The van der Waals surface area contributed by atoms with Gasteiger partial charge in [0.25, 0.3) is 0 Å². The highest BCUT2D eigenvalue weighted by Gasteiger charge is 2.20. The second-order valence-corrected chi connectivity index (χ2v) is 7.04. The summed E-state index contributed by atoms with van der Waals surface area (Å²) in [6, 6.07) is 14.0. The normalized spacial score (nSPS) is 12.6. The summed E-state index contributed by atoms with van der Waals surface area (Å²) >= 11 is 14.0. The zero-order valence-electron chi connectivity index (χ0n) is 11.6. The molecular formula is C17H12Cl2N2S. The van der Waals surface area contributed by atoms with Crippen LogP contribution in [0.5, 0.6) is 0 Å². The first-order valence-corrected chi connectivity index (χ1v) is 8.58. The van der Waals surface area contributed by atoms with Crippen LogP contribution >= 0.6 is 34.5 Å². The molecule has 3 aromatic rings. The largest absolute Gasteiger partial charge is 0.330 e. The van der Waals surface area contributed by atoms with Gasteiger partial charge < -0.3 is 5.32 Å². The van der Waals surface area contributed by atoms with Crippen LogP contribution in [0.4, 0.5) is 10.8 Å².